The van der Waals surface area contributed by atoms with Gasteiger partial charge in [0.2, 0.25) is 4.96 Å². The summed E-state index contributed by atoms with van der Waals surface area (Å²) in [6, 6.07) is 5.86. The number of hydrogen-bond acceptors (Lipinski definition) is 5. The second-order valence-corrected chi connectivity index (χ2v) is 5.09. The maximum atomic E-state index is 5.97. The fourth-order valence-electron chi connectivity index (χ4n) is 1.74. The van der Waals surface area contributed by atoms with E-state index < -0.39 is 0 Å². The van der Waals surface area contributed by atoms with Crippen molar-refractivity contribution in [3.8, 4) is 11.4 Å². The van der Waals surface area contributed by atoms with Crippen LogP contribution in [0.15, 0.2) is 18.2 Å². The number of aryl methyl sites for hydroxylation is 2. The van der Waals surface area contributed by atoms with Gasteiger partial charge in [-0.2, -0.15) is 9.61 Å². The maximum absolute atomic E-state index is 5.97. The molecule has 0 atom stereocenters. The molecule has 0 aliphatic heterocycles. The van der Waals surface area contributed by atoms with Crippen LogP contribution in [0, 0.1) is 13.8 Å². The van der Waals surface area contributed by atoms with Crippen LogP contribution in [0.4, 0.5) is 5.69 Å². The van der Waals surface area contributed by atoms with Gasteiger partial charge in [-0.25, -0.2) is 0 Å². The van der Waals surface area contributed by atoms with Gasteiger partial charge in [-0.3, -0.25) is 0 Å². The van der Waals surface area contributed by atoms with Crippen molar-refractivity contribution in [2.45, 2.75) is 13.8 Å². The van der Waals surface area contributed by atoms with Gasteiger partial charge in [0, 0.05) is 11.3 Å². The number of nitrogens with zero attached hydrogens (tertiary/aromatic N) is 4. The van der Waals surface area contributed by atoms with Gasteiger partial charge in [-0.05, 0) is 26.0 Å². The van der Waals surface area contributed by atoms with Gasteiger partial charge in [0.15, 0.2) is 5.82 Å². The Labute approximate surface area is 102 Å². The minimum absolute atomic E-state index is 0.690. The number of benzene rings is 1. The summed E-state index contributed by atoms with van der Waals surface area (Å²) in [7, 11) is 0. The van der Waals surface area contributed by atoms with Crippen molar-refractivity contribution in [1.29, 1.82) is 0 Å². The summed E-state index contributed by atoms with van der Waals surface area (Å²) in [6.07, 6.45) is 0. The molecule has 0 saturated heterocycles. The van der Waals surface area contributed by atoms with Crippen molar-refractivity contribution in [2.24, 2.45) is 0 Å². The predicted octanol–water partition coefficient (Wildman–Crippen LogP) is 2.05. The summed E-state index contributed by atoms with van der Waals surface area (Å²) < 4.78 is 1.74. The fourth-order valence-corrected chi connectivity index (χ4v) is 2.43. The number of hydrogen-bond donors (Lipinski definition) is 1. The Bertz CT molecular complexity index is 697. The first kappa shape index (κ1) is 10.2. The smallest absolute Gasteiger partial charge is 0.234 e. The van der Waals surface area contributed by atoms with Gasteiger partial charge in [0.05, 0.1) is 0 Å². The van der Waals surface area contributed by atoms with Crippen LogP contribution >= 0.6 is 11.3 Å². The normalized spacial score (nSPS) is 11.2. The molecule has 0 saturated carbocycles. The molecule has 5 nitrogen and oxygen atoms in total. The molecule has 0 radical (unpaired) electrons. The van der Waals surface area contributed by atoms with Crippen LogP contribution in [-0.2, 0) is 0 Å². The first-order valence-electron chi connectivity index (χ1n) is 5.20. The summed E-state index contributed by atoms with van der Waals surface area (Å²) in [4.78, 5) is 0.790. The van der Waals surface area contributed by atoms with Crippen molar-refractivity contribution in [1.82, 2.24) is 19.8 Å². The molecule has 0 spiro atoms. The molecule has 0 amide bonds. The van der Waals surface area contributed by atoms with Gasteiger partial charge >= 0.3 is 0 Å². The second kappa shape index (κ2) is 3.53. The van der Waals surface area contributed by atoms with Crippen LogP contribution in [-0.4, -0.2) is 19.8 Å². The van der Waals surface area contributed by atoms with E-state index in [9.17, 15) is 0 Å². The third kappa shape index (κ3) is 1.57. The van der Waals surface area contributed by atoms with Crippen molar-refractivity contribution in [3.63, 3.8) is 0 Å². The number of nitrogens with two attached hydrogens (primary N) is 1. The van der Waals surface area contributed by atoms with E-state index in [4.69, 9.17) is 5.73 Å². The lowest BCUT2D eigenvalue weighted by atomic mass is 10.1. The molecule has 2 N–H and O–H groups in total. The van der Waals surface area contributed by atoms with Crippen LogP contribution in [0.2, 0.25) is 0 Å². The Morgan fingerprint density at radius 1 is 1.24 bits per heavy atom. The van der Waals surface area contributed by atoms with Gasteiger partial charge in [-0.15, -0.1) is 10.2 Å². The van der Waals surface area contributed by atoms with E-state index >= 15 is 0 Å². The number of fused-ring (bicyclic) bond motifs is 1. The highest BCUT2D eigenvalue weighted by Gasteiger charge is 2.14. The first-order valence-corrected chi connectivity index (χ1v) is 6.02. The molecule has 6 heteroatoms. The highest BCUT2D eigenvalue weighted by molar-refractivity contribution is 7.16. The zero-order valence-corrected chi connectivity index (χ0v) is 10.3. The Balaban J connectivity index is 2.29. The highest BCUT2D eigenvalue weighted by Crippen LogP contribution is 2.26. The summed E-state index contributed by atoms with van der Waals surface area (Å²) in [5.74, 6) is 0.700. The Morgan fingerprint density at radius 2 is 2.06 bits per heavy atom. The molecule has 0 aliphatic rings. The molecular formula is C11H11N5S. The van der Waals surface area contributed by atoms with E-state index in [1.807, 2.05) is 32.0 Å². The molecule has 17 heavy (non-hydrogen) atoms. The topological polar surface area (TPSA) is 69.1 Å². The van der Waals surface area contributed by atoms with Crippen molar-refractivity contribution >= 4 is 22.0 Å². The minimum atomic E-state index is 0.690. The van der Waals surface area contributed by atoms with Crippen LogP contribution in [0.5, 0.6) is 0 Å². The van der Waals surface area contributed by atoms with Crippen molar-refractivity contribution < 1.29 is 0 Å². The highest BCUT2D eigenvalue weighted by atomic mass is 32.1. The zero-order chi connectivity index (χ0) is 12.0. The Morgan fingerprint density at radius 3 is 2.88 bits per heavy atom. The lowest BCUT2D eigenvalue weighted by Gasteiger charge is -2.03. The van der Waals surface area contributed by atoms with E-state index in [0.717, 1.165) is 21.1 Å². The summed E-state index contributed by atoms with van der Waals surface area (Å²) >= 11 is 1.52. The van der Waals surface area contributed by atoms with Crippen molar-refractivity contribution in [2.75, 3.05) is 5.73 Å². The maximum Gasteiger partial charge on any atom is 0.234 e. The average molecular weight is 245 g/mol. The average Bonchev–Trinajstić information content (AvgIpc) is 2.80. The largest absolute Gasteiger partial charge is 0.398 e. The lowest BCUT2D eigenvalue weighted by molar-refractivity contribution is 0.941. The van der Waals surface area contributed by atoms with Crippen LogP contribution < -0.4 is 5.73 Å². The molecular weight excluding hydrogens is 234 g/mol. The fraction of sp³-hybridized carbons (Fsp3) is 0.182. The van der Waals surface area contributed by atoms with Crippen molar-refractivity contribution in [3.05, 3.63) is 28.8 Å². The summed E-state index contributed by atoms with van der Waals surface area (Å²) in [5.41, 5.74) is 8.68. The molecule has 0 aliphatic carbocycles. The predicted molar refractivity (Wildman–Crippen MR) is 68.0 cm³/mol. The molecule has 2 heterocycles. The van der Waals surface area contributed by atoms with E-state index in [0.29, 0.717) is 11.5 Å². The SMILES string of the molecule is Cc1ccc(N)c(-c2nnc3sc(C)nn23)c1. The number of aromatic nitrogens is 4. The van der Waals surface area contributed by atoms with E-state index in [-0.39, 0.29) is 0 Å². The van der Waals surface area contributed by atoms with Crippen LogP contribution in [0.3, 0.4) is 0 Å². The lowest BCUT2D eigenvalue weighted by Crippen LogP contribution is -1.96. The molecule has 1 aromatic carbocycles. The summed E-state index contributed by atoms with van der Waals surface area (Å²) in [5, 5.41) is 13.6. The summed E-state index contributed by atoms with van der Waals surface area (Å²) in [6.45, 7) is 3.97. The Hall–Kier alpha value is -1.95. The molecule has 0 unspecified atom stereocenters. The quantitative estimate of drug-likeness (QED) is 0.666. The monoisotopic (exact) mass is 245 g/mol. The standard InChI is InChI=1S/C11H11N5S/c1-6-3-4-9(12)8(5-6)10-13-14-11-16(10)15-7(2)17-11/h3-5H,12H2,1-2H3. The van der Waals surface area contributed by atoms with Crippen LogP contribution in [0.25, 0.3) is 16.3 Å². The Kier molecular flexibility index (Phi) is 2.12. The third-order valence-corrected chi connectivity index (χ3v) is 3.36. The zero-order valence-electron chi connectivity index (χ0n) is 9.51. The second-order valence-electron chi connectivity index (χ2n) is 3.93. The van der Waals surface area contributed by atoms with Gasteiger partial charge in [0.1, 0.15) is 5.01 Å². The van der Waals surface area contributed by atoms with E-state index in [2.05, 4.69) is 15.3 Å². The molecule has 3 aromatic rings. The van der Waals surface area contributed by atoms with Gasteiger partial charge in [0.25, 0.3) is 0 Å². The minimum Gasteiger partial charge on any atom is -0.398 e. The van der Waals surface area contributed by atoms with E-state index in [1.54, 1.807) is 4.52 Å². The molecule has 86 valence electrons. The van der Waals surface area contributed by atoms with Gasteiger partial charge in [-0.1, -0.05) is 23.0 Å². The van der Waals surface area contributed by atoms with Gasteiger partial charge < -0.3 is 5.73 Å². The number of nitrogen functional groups attached to an aromatic ring is 1. The third-order valence-electron chi connectivity index (χ3n) is 2.54. The first-order chi connectivity index (χ1) is 8.15. The number of rotatable bonds is 1. The molecule has 0 bridgehead atoms. The molecule has 3 rings (SSSR count). The van der Waals surface area contributed by atoms with Crippen LogP contribution in [0.1, 0.15) is 10.6 Å². The van der Waals surface area contributed by atoms with E-state index in [1.165, 1.54) is 11.3 Å². The molecule has 2 aromatic heterocycles. The number of anilines is 1. The molecule has 0 fully saturated rings.